The summed E-state index contributed by atoms with van der Waals surface area (Å²) >= 11 is 0. The number of ether oxygens (including phenoxy) is 1. The van der Waals surface area contributed by atoms with Crippen molar-refractivity contribution in [3.8, 4) is 0 Å². The average Bonchev–Trinajstić information content (AvgIpc) is 2.68. The van der Waals surface area contributed by atoms with Gasteiger partial charge in [-0.1, -0.05) is 0 Å². The number of pyridine rings is 1. The molecule has 1 atom stereocenters. The second-order valence-electron chi connectivity index (χ2n) is 6.72. The minimum absolute atomic E-state index is 0.0224. The summed E-state index contributed by atoms with van der Waals surface area (Å²) in [6, 6.07) is 10.5. The van der Waals surface area contributed by atoms with E-state index in [4.69, 9.17) is 4.74 Å². The molecule has 7 heteroatoms. The smallest absolute Gasteiger partial charge is 0.259 e. The average molecular weight is 368 g/mol. The first-order valence-electron chi connectivity index (χ1n) is 8.90. The molecular formula is C20H24N4O3. The maximum absolute atomic E-state index is 12.7. The molecule has 0 aliphatic carbocycles. The lowest BCUT2D eigenvalue weighted by Gasteiger charge is -2.33. The number of carbonyl (C=O) groups is 2. The number of aromatic nitrogens is 1. The Balaban J connectivity index is 1.71. The van der Waals surface area contributed by atoms with Crippen molar-refractivity contribution in [2.75, 3.05) is 44.1 Å². The van der Waals surface area contributed by atoms with Crippen LogP contribution < -0.4 is 10.2 Å². The number of amides is 2. The molecule has 0 spiro atoms. The van der Waals surface area contributed by atoms with E-state index in [9.17, 15) is 9.59 Å². The summed E-state index contributed by atoms with van der Waals surface area (Å²) in [6.45, 7) is 3.68. The van der Waals surface area contributed by atoms with E-state index in [0.717, 1.165) is 0 Å². The molecule has 1 aromatic carbocycles. The molecule has 1 fully saturated rings. The molecule has 142 valence electrons. The van der Waals surface area contributed by atoms with E-state index in [1.165, 1.54) is 0 Å². The molecule has 27 heavy (non-hydrogen) atoms. The van der Waals surface area contributed by atoms with E-state index in [1.807, 2.05) is 25.9 Å². The summed E-state index contributed by atoms with van der Waals surface area (Å²) in [5, 5.41) is 2.86. The molecule has 1 aromatic heterocycles. The number of nitrogens with zero attached hydrogens (tertiary/aromatic N) is 3. The van der Waals surface area contributed by atoms with E-state index < -0.39 is 0 Å². The number of rotatable bonds is 4. The van der Waals surface area contributed by atoms with Gasteiger partial charge in [-0.3, -0.25) is 9.59 Å². The van der Waals surface area contributed by atoms with E-state index in [1.54, 1.807) is 47.5 Å². The zero-order valence-electron chi connectivity index (χ0n) is 15.8. The molecule has 2 heterocycles. The van der Waals surface area contributed by atoms with Crippen molar-refractivity contribution >= 4 is 23.3 Å². The number of hydrogen-bond acceptors (Lipinski definition) is 5. The highest BCUT2D eigenvalue weighted by Gasteiger charge is 2.24. The van der Waals surface area contributed by atoms with Gasteiger partial charge in [-0.2, -0.15) is 0 Å². The predicted molar refractivity (Wildman–Crippen MR) is 104 cm³/mol. The lowest BCUT2D eigenvalue weighted by atomic mass is 10.1. The molecule has 1 aliphatic rings. The predicted octanol–water partition coefficient (Wildman–Crippen LogP) is 2.26. The lowest BCUT2D eigenvalue weighted by Crippen LogP contribution is -2.47. The van der Waals surface area contributed by atoms with Crippen molar-refractivity contribution < 1.29 is 14.3 Å². The minimum Gasteiger partial charge on any atom is -0.377 e. The molecule has 3 rings (SSSR count). The first kappa shape index (κ1) is 18.8. The van der Waals surface area contributed by atoms with E-state index in [2.05, 4.69) is 10.3 Å². The van der Waals surface area contributed by atoms with Gasteiger partial charge in [-0.25, -0.2) is 4.98 Å². The summed E-state index contributed by atoms with van der Waals surface area (Å²) in [5.74, 6) is 0.335. The van der Waals surface area contributed by atoms with Gasteiger partial charge in [0.05, 0.1) is 24.8 Å². The van der Waals surface area contributed by atoms with E-state index in [0.29, 0.717) is 42.4 Å². The fraction of sp³-hybridized carbons (Fsp3) is 0.350. The number of carbonyl (C=O) groups excluding carboxylic acids is 2. The third kappa shape index (κ3) is 4.25. The molecule has 1 N–H and O–H groups in total. The van der Waals surface area contributed by atoms with Crippen LogP contribution in [-0.2, 0) is 4.74 Å². The van der Waals surface area contributed by atoms with Gasteiger partial charge in [0.15, 0.2) is 0 Å². The lowest BCUT2D eigenvalue weighted by molar-refractivity contribution is 0.00359. The van der Waals surface area contributed by atoms with Crippen molar-refractivity contribution in [1.82, 2.24) is 9.88 Å². The van der Waals surface area contributed by atoms with Crippen molar-refractivity contribution in [3.05, 3.63) is 53.7 Å². The SMILES string of the molecule is CC1COCCN1C(=O)c1ccc(NC(=O)c2cccnc2N(C)C)cc1. The van der Waals surface area contributed by atoms with Crippen molar-refractivity contribution in [2.24, 2.45) is 0 Å². The minimum atomic E-state index is -0.243. The van der Waals surface area contributed by atoms with Crippen molar-refractivity contribution in [2.45, 2.75) is 13.0 Å². The Morgan fingerprint density at radius 3 is 2.63 bits per heavy atom. The Kier molecular flexibility index (Phi) is 5.71. The van der Waals surface area contributed by atoms with Crippen molar-refractivity contribution in [3.63, 3.8) is 0 Å². The maximum atomic E-state index is 12.7. The highest BCUT2D eigenvalue weighted by atomic mass is 16.5. The number of anilines is 2. The quantitative estimate of drug-likeness (QED) is 0.896. The Morgan fingerprint density at radius 1 is 1.22 bits per heavy atom. The van der Waals surface area contributed by atoms with Crippen LogP contribution in [0.4, 0.5) is 11.5 Å². The molecule has 1 saturated heterocycles. The summed E-state index contributed by atoms with van der Waals surface area (Å²) in [4.78, 5) is 33.1. The molecule has 0 saturated carbocycles. The largest absolute Gasteiger partial charge is 0.377 e. The van der Waals surface area contributed by atoms with Crippen LogP contribution in [0.2, 0.25) is 0 Å². The molecule has 7 nitrogen and oxygen atoms in total. The second kappa shape index (κ2) is 8.18. The summed E-state index contributed by atoms with van der Waals surface area (Å²) in [5.41, 5.74) is 1.71. The van der Waals surface area contributed by atoms with Gasteiger partial charge in [0, 0.05) is 38.1 Å². The van der Waals surface area contributed by atoms with Gasteiger partial charge in [0.25, 0.3) is 11.8 Å². The zero-order chi connectivity index (χ0) is 19.4. The molecule has 1 aliphatic heterocycles. The second-order valence-corrected chi connectivity index (χ2v) is 6.72. The summed E-state index contributed by atoms with van der Waals surface area (Å²) in [7, 11) is 3.68. The van der Waals surface area contributed by atoms with Crippen LogP contribution in [0.5, 0.6) is 0 Å². The topological polar surface area (TPSA) is 74.8 Å². The first-order valence-corrected chi connectivity index (χ1v) is 8.90. The van der Waals surface area contributed by atoms with E-state index in [-0.39, 0.29) is 17.9 Å². The van der Waals surface area contributed by atoms with Crippen LogP contribution in [0.25, 0.3) is 0 Å². The van der Waals surface area contributed by atoms with Crippen LogP contribution in [0, 0.1) is 0 Å². The fourth-order valence-corrected chi connectivity index (χ4v) is 3.02. The van der Waals surface area contributed by atoms with Crippen LogP contribution in [0.1, 0.15) is 27.6 Å². The summed E-state index contributed by atoms with van der Waals surface area (Å²) in [6.07, 6.45) is 1.65. The van der Waals surface area contributed by atoms with Crippen LogP contribution in [0.3, 0.4) is 0 Å². The standard InChI is InChI=1S/C20H24N4O3/c1-14-13-27-12-11-24(14)20(26)15-6-8-16(9-7-15)22-19(25)17-5-4-10-21-18(17)23(2)3/h4-10,14H,11-13H2,1-3H3,(H,22,25). The Labute approximate surface area is 158 Å². The fourth-order valence-electron chi connectivity index (χ4n) is 3.02. The van der Waals surface area contributed by atoms with Crippen LogP contribution in [-0.4, -0.2) is 61.6 Å². The van der Waals surface area contributed by atoms with Gasteiger partial charge < -0.3 is 19.9 Å². The molecule has 2 aromatic rings. The van der Waals surface area contributed by atoms with Gasteiger partial charge in [0.2, 0.25) is 0 Å². The highest BCUT2D eigenvalue weighted by molar-refractivity contribution is 6.07. The van der Waals surface area contributed by atoms with Crippen LogP contribution >= 0.6 is 0 Å². The highest BCUT2D eigenvalue weighted by Crippen LogP contribution is 2.18. The molecular weight excluding hydrogens is 344 g/mol. The third-order valence-corrected chi connectivity index (χ3v) is 4.47. The van der Waals surface area contributed by atoms with Crippen molar-refractivity contribution in [1.29, 1.82) is 0 Å². The first-order chi connectivity index (χ1) is 13.0. The Morgan fingerprint density at radius 2 is 1.96 bits per heavy atom. The number of hydrogen-bond donors (Lipinski definition) is 1. The monoisotopic (exact) mass is 368 g/mol. The zero-order valence-corrected chi connectivity index (χ0v) is 15.8. The van der Waals surface area contributed by atoms with Gasteiger partial charge in [0.1, 0.15) is 5.82 Å². The summed E-state index contributed by atoms with van der Waals surface area (Å²) < 4.78 is 5.38. The van der Waals surface area contributed by atoms with Gasteiger partial charge in [-0.05, 0) is 43.3 Å². The number of morpholine rings is 1. The third-order valence-electron chi connectivity index (χ3n) is 4.47. The van der Waals surface area contributed by atoms with Crippen LogP contribution in [0.15, 0.2) is 42.6 Å². The van der Waals surface area contributed by atoms with Gasteiger partial charge in [-0.15, -0.1) is 0 Å². The molecule has 1 unspecified atom stereocenters. The normalized spacial score (nSPS) is 16.7. The van der Waals surface area contributed by atoms with E-state index >= 15 is 0 Å². The molecule has 0 radical (unpaired) electrons. The Hall–Kier alpha value is -2.93. The number of nitrogens with one attached hydrogen (secondary N) is 1. The van der Waals surface area contributed by atoms with Gasteiger partial charge >= 0.3 is 0 Å². The number of benzene rings is 1. The molecule has 0 bridgehead atoms. The maximum Gasteiger partial charge on any atom is 0.259 e. The molecule has 2 amide bonds. The Bertz CT molecular complexity index is 820.